The highest BCUT2D eigenvalue weighted by Crippen LogP contribution is 2.31. The van der Waals surface area contributed by atoms with Crippen molar-refractivity contribution in [1.82, 2.24) is 10.3 Å². The quantitative estimate of drug-likeness (QED) is 0.502. The molecule has 0 unspecified atom stereocenters. The maximum atomic E-state index is 12.2. The third kappa shape index (κ3) is 5.39. The van der Waals surface area contributed by atoms with Gasteiger partial charge in [-0.2, -0.15) is 0 Å². The normalized spacial score (nSPS) is 11.8. The molecule has 2 N–H and O–H groups in total. The summed E-state index contributed by atoms with van der Waals surface area (Å²) in [4.78, 5) is 27.0. The Morgan fingerprint density at radius 3 is 2.57 bits per heavy atom. The topological polar surface area (TPSA) is 89.7 Å². The number of hydrogen-bond acceptors (Lipinski definition) is 5. The lowest BCUT2D eigenvalue weighted by Gasteiger charge is -2.18. The fourth-order valence-corrected chi connectivity index (χ4v) is 3.27. The van der Waals surface area contributed by atoms with Gasteiger partial charge in [0.1, 0.15) is 12.4 Å². The second-order valence-corrected chi connectivity index (χ2v) is 6.72. The molecule has 7 heteroatoms. The molecule has 3 rings (SSSR count). The minimum Gasteiger partial charge on any atom is -0.497 e. The number of fused-ring (bicyclic) bond motifs is 1. The highest BCUT2D eigenvalue weighted by molar-refractivity contribution is 5.84. The zero-order chi connectivity index (χ0) is 21.3. The Balaban J connectivity index is 1.73. The molecule has 0 fully saturated rings. The maximum Gasteiger partial charge on any atom is 0.332 e. The molecule has 0 aliphatic carbocycles. The lowest BCUT2D eigenvalue weighted by atomic mass is 9.91. The minimum atomic E-state index is -0.560. The first-order chi connectivity index (χ1) is 14.6. The number of carbonyl (C=O) groups is 2. The van der Waals surface area contributed by atoms with Gasteiger partial charge in [0.05, 0.1) is 7.11 Å². The maximum absolute atomic E-state index is 12.2. The molecule has 158 valence electrons. The Labute approximate surface area is 175 Å². The van der Waals surface area contributed by atoms with Gasteiger partial charge in [0.25, 0.3) is 5.91 Å². The van der Waals surface area contributed by atoms with Crippen LogP contribution in [0, 0.1) is 0 Å². The Bertz CT molecular complexity index is 981. The van der Waals surface area contributed by atoms with E-state index in [9.17, 15) is 9.59 Å². The number of amides is 1. The molecular formula is C23H26N2O5. The number of ether oxygens (including phenoxy) is 3. The van der Waals surface area contributed by atoms with Crippen LogP contribution in [-0.2, 0) is 19.1 Å². The lowest BCUT2D eigenvalue weighted by molar-refractivity contribution is -0.152. The molecule has 0 aliphatic rings. The standard InChI is InChI=1S/C23H26N2O5/c1-3-29-15-23(27)30-14-22(26)25-12-19(16-8-10-17(28-2)11-9-16)20-13-24-21-7-5-4-6-18(20)21/h4-11,13,19,24H,3,12,14-15H2,1-2H3,(H,25,26)/t19-/m1/s1. The van der Waals surface area contributed by atoms with Gasteiger partial charge in [-0.25, -0.2) is 4.79 Å². The number of H-pyrrole nitrogens is 1. The number of carbonyl (C=O) groups excluding carboxylic acids is 2. The van der Waals surface area contributed by atoms with Crippen molar-refractivity contribution in [2.75, 3.05) is 33.5 Å². The summed E-state index contributed by atoms with van der Waals surface area (Å²) in [5, 5.41) is 3.97. The fraction of sp³-hybridized carbons (Fsp3) is 0.304. The Morgan fingerprint density at radius 2 is 1.83 bits per heavy atom. The summed E-state index contributed by atoms with van der Waals surface area (Å²) in [5.41, 5.74) is 3.14. The number of aromatic amines is 1. The molecule has 30 heavy (non-hydrogen) atoms. The van der Waals surface area contributed by atoms with Crippen molar-refractivity contribution in [3.8, 4) is 5.75 Å². The van der Waals surface area contributed by atoms with Crippen molar-refractivity contribution >= 4 is 22.8 Å². The first-order valence-electron chi connectivity index (χ1n) is 9.82. The Kier molecular flexibility index (Phi) is 7.45. The van der Waals surface area contributed by atoms with Crippen LogP contribution in [0.1, 0.15) is 24.0 Å². The smallest absolute Gasteiger partial charge is 0.332 e. The van der Waals surface area contributed by atoms with E-state index in [-0.39, 0.29) is 25.0 Å². The number of methoxy groups -OCH3 is 1. The number of benzene rings is 2. The summed E-state index contributed by atoms with van der Waals surface area (Å²) < 4.78 is 15.2. The van der Waals surface area contributed by atoms with Gasteiger partial charge in [-0.1, -0.05) is 30.3 Å². The van der Waals surface area contributed by atoms with Crippen LogP contribution in [0.3, 0.4) is 0 Å². The zero-order valence-corrected chi connectivity index (χ0v) is 17.1. The SMILES string of the molecule is CCOCC(=O)OCC(=O)NC[C@H](c1ccc(OC)cc1)c1c[nH]c2ccccc12. The number of hydrogen-bond donors (Lipinski definition) is 2. The molecule has 0 radical (unpaired) electrons. The van der Waals surface area contributed by atoms with E-state index in [1.54, 1.807) is 14.0 Å². The predicted octanol–water partition coefficient (Wildman–Crippen LogP) is 3.00. The first kappa shape index (κ1) is 21.4. The van der Waals surface area contributed by atoms with Gasteiger partial charge in [0.2, 0.25) is 0 Å². The summed E-state index contributed by atoms with van der Waals surface area (Å²) in [5.74, 6) is -0.245. The van der Waals surface area contributed by atoms with Crippen LogP contribution in [0.5, 0.6) is 5.75 Å². The van der Waals surface area contributed by atoms with Crippen molar-refractivity contribution in [3.05, 3.63) is 65.9 Å². The van der Waals surface area contributed by atoms with Gasteiger partial charge in [0, 0.05) is 36.2 Å². The highest BCUT2D eigenvalue weighted by Gasteiger charge is 2.19. The van der Waals surface area contributed by atoms with E-state index in [1.165, 1.54) is 0 Å². The van der Waals surface area contributed by atoms with E-state index in [4.69, 9.17) is 14.2 Å². The molecule has 0 bridgehead atoms. The Hall–Kier alpha value is -3.32. The van der Waals surface area contributed by atoms with Crippen molar-refractivity contribution in [3.63, 3.8) is 0 Å². The number of aromatic nitrogens is 1. The molecule has 7 nitrogen and oxygen atoms in total. The number of para-hydroxylation sites is 1. The molecule has 0 aliphatic heterocycles. The van der Waals surface area contributed by atoms with E-state index >= 15 is 0 Å². The van der Waals surface area contributed by atoms with Gasteiger partial charge in [-0.3, -0.25) is 4.79 Å². The van der Waals surface area contributed by atoms with Gasteiger partial charge in [-0.15, -0.1) is 0 Å². The van der Waals surface area contributed by atoms with E-state index in [0.717, 1.165) is 27.8 Å². The molecule has 1 amide bonds. The van der Waals surface area contributed by atoms with Gasteiger partial charge >= 0.3 is 5.97 Å². The average Bonchev–Trinajstić information content (AvgIpc) is 3.21. The predicted molar refractivity (Wildman–Crippen MR) is 114 cm³/mol. The second-order valence-electron chi connectivity index (χ2n) is 6.72. The lowest BCUT2D eigenvalue weighted by Crippen LogP contribution is -2.33. The van der Waals surface area contributed by atoms with Crippen molar-refractivity contribution in [2.45, 2.75) is 12.8 Å². The third-order valence-corrected chi connectivity index (χ3v) is 4.81. The number of esters is 1. The minimum absolute atomic E-state index is 0.0878. The summed E-state index contributed by atoms with van der Waals surface area (Å²) in [6.07, 6.45) is 1.97. The van der Waals surface area contributed by atoms with Gasteiger partial charge < -0.3 is 24.5 Å². The number of nitrogens with one attached hydrogen (secondary N) is 2. The van der Waals surface area contributed by atoms with Crippen LogP contribution in [0.15, 0.2) is 54.7 Å². The molecule has 1 atom stereocenters. The summed E-state index contributed by atoms with van der Waals surface area (Å²) in [6.45, 7) is 2.05. The monoisotopic (exact) mass is 410 g/mol. The van der Waals surface area contributed by atoms with Crippen molar-refractivity contribution in [1.29, 1.82) is 0 Å². The Morgan fingerprint density at radius 1 is 1.07 bits per heavy atom. The molecule has 2 aromatic carbocycles. The van der Waals surface area contributed by atoms with Crippen LogP contribution < -0.4 is 10.1 Å². The average molecular weight is 410 g/mol. The first-order valence-corrected chi connectivity index (χ1v) is 9.82. The molecule has 0 saturated heterocycles. The third-order valence-electron chi connectivity index (χ3n) is 4.81. The van der Waals surface area contributed by atoms with Crippen molar-refractivity contribution < 1.29 is 23.8 Å². The molecule has 1 aromatic heterocycles. The van der Waals surface area contributed by atoms with Crippen LogP contribution in [0.25, 0.3) is 10.9 Å². The van der Waals surface area contributed by atoms with E-state index < -0.39 is 5.97 Å². The summed E-state index contributed by atoms with van der Waals surface area (Å²) >= 11 is 0. The molecule has 0 spiro atoms. The fourth-order valence-electron chi connectivity index (χ4n) is 3.27. The largest absolute Gasteiger partial charge is 0.497 e. The zero-order valence-electron chi connectivity index (χ0n) is 17.1. The molecule has 1 heterocycles. The van der Waals surface area contributed by atoms with E-state index in [2.05, 4.69) is 16.4 Å². The van der Waals surface area contributed by atoms with E-state index in [1.807, 2.05) is 48.7 Å². The highest BCUT2D eigenvalue weighted by atomic mass is 16.6. The summed E-state index contributed by atoms with van der Waals surface area (Å²) in [7, 11) is 1.62. The van der Waals surface area contributed by atoms with Gasteiger partial charge in [0.15, 0.2) is 6.61 Å². The summed E-state index contributed by atoms with van der Waals surface area (Å²) in [6, 6.07) is 15.8. The molecule has 3 aromatic rings. The van der Waals surface area contributed by atoms with Crippen LogP contribution >= 0.6 is 0 Å². The van der Waals surface area contributed by atoms with E-state index in [0.29, 0.717) is 13.2 Å². The van der Waals surface area contributed by atoms with Crippen LogP contribution in [0.4, 0.5) is 0 Å². The van der Waals surface area contributed by atoms with Crippen molar-refractivity contribution in [2.24, 2.45) is 0 Å². The second kappa shape index (κ2) is 10.5. The molecule has 0 saturated carbocycles. The number of rotatable bonds is 10. The molecular weight excluding hydrogens is 384 g/mol. The van der Waals surface area contributed by atoms with Crippen LogP contribution in [0.2, 0.25) is 0 Å². The van der Waals surface area contributed by atoms with Gasteiger partial charge in [-0.05, 0) is 36.2 Å². The van der Waals surface area contributed by atoms with Crippen LogP contribution in [-0.4, -0.2) is 50.3 Å².